The third-order valence-corrected chi connectivity index (χ3v) is 6.65. The Balaban J connectivity index is 1.42. The highest BCUT2D eigenvalue weighted by Crippen LogP contribution is 2.35. The highest BCUT2D eigenvalue weighted by Gasteiger charge is 2.22. The van der Waals surface area contributed by atoms with Gasteiger partial charge in [0.05, 0.1) is 20.8 Å². The van der Waals surface area contributed by atoms with Crippen LogP contribution in [-0.2, 0) is 4.79 Å². The molecule has 172 valence electrons. The summed E-state index contributed by atoms with van der Waals surface area (Å²) >= 11 is 18.8. The molecule has 4 rings (SSSR count). The van der Waals surface area contributed by atoms with E-state index in [0.717, 1.165) is 5.69 Å². The molecular weight excluding hydrogens is 485 g/mol. The average Bonchev–Trinajstić information content (AvgIpc) is 3.31. The van der Waals surface area contributed by atoms with Gasteiger partial charge >= 0.3 is 0 Å². The number of furan rings is 1. The van der Waals surface area contributed by atoms with E-state index >= 15 is 0 Å². The molecule has 1 N–H and O–H groups in total. The maximum atomic E-state index is 12.7. The van der Waals surface area contributed by atoms with Gasteiger partial charge < -0.3 is 19.5 Å². The summed E-state index contributed by atoms with van der Waals surface area (Å²) in [4.78, 5) is 28.6. The first kappa shape index (κ1) is 23.5. The SMILES string of the molecule is CCC(=O)N1CCN(c2ccc(NC(=O)c3ccc(-c4cccc(Cl)c4Cl)o3)cc2Cl)CC1. The van der Waals surface area contributed by atoms with Gasteiger partial charge in [0.1, 0.15) is 5.76 Å². The van der Waals surface area contributed by atoms with Gasteiger partial charge in [-0.15, -0.1) is 0 Å². The van der Waals surface area contributed by atoms with Crippen molar-refractivity contribution in [3.63, 3.8) is 0 Å². The summed E-state index contributed by atoms with van der Waals surface area (Å²) in [5, 5.41) is 4.09. The van der Waals surface area contributed by atoms with Gasteiger partial charge in [-0.1, -0.05) is 47.8 Å². The van der Waals surface area contributed by atoms with Crippen LogP contribution in [-0.4, -0.2) is 42.9 Å². The zero-order chi connectivity index (χ0) is 23.5. The van der Waals surface area contributed by atoms with Crippen LogP contribution in [0.5, 0.6) is 0 Å². The zero-order valence-electron chi connectivity index (χ0n) is 17.9. The lowest BCUT2D eigenvalue weighted by molar-refractivity contribution is -0.131. The van der Waals surface area contributed by atoms with Gasteiger partial charge in [-0.2, -0.15) is 0 Å². The van der Waals surface area contributed by atoms with Crippen LogP contribution in [0.3, 0.4) is 0 Å². The number of piperazine rings is 1. The summed E-state index contributed by atoms with van der Waals surface area (Å²) in [5.74, 6) is 0.340. The molecule has 0 radical (unpaired) electrons. The van der Waals surface area contributed by atoms with Crippen molar-refractivity contribution in [2.45, 2.75) is 13.3 Å². The smallest absolute Gasteiger partial charge is 0.291 e. The molecule has 0 aliphatic carbocycles. The molecule has 6 nitrogen and oxygen atoms in total. The highest BCUT2D eigenvalue weighted by molar-refractivity contribution is 6.43. The molecular formula is C24H22Cl3N3O3. The minimum atomic E-state index is -0.407. The van der Waals surface area contributed by atoms with E-state index in [1.54, 1.807) is 42.5 Å². The van der Waals surface area contributed by atoms with E-state index in [2.05, 4.69) is 10.2 Å². The maximum Gasteiger partial charge on any atom is 0.291 e. The van der Waals surface area contributed by atoms with E-state index in [1.807, 2.05) is 17.9 Å². The van der Waals surface area contributed by atoms with Gasteiger partial charge in [0, 0.05) is 43.9 Å². The van der Waals surface area contributed by atoms with Gasteiger partial charge in [0.2, 0.25) is 5.91 Å². The van der Waals surface area contributed by atoms with Crippen molar-refractivity contribution in [2.24, 2.45) is 0 Å². The fourth-order valence-corrected chi connectivity index (χ4v) is 4.45. The van der Waals surface area contributed by atoms with Crippen molar-refractivity contribution < 1.29 is 14.0 Å². The van der Waals surface area contributed by atoms with Crippen molar-refractivity contribution in [3.05, 3.63) is 69.4 Å². The number of nitrogens with zero attached hydrogens (tertiary/aromatic N) is 2. The maximum absolute atomic E-state index is 12.7. The van der Waals surface area contributed by atoms with Crippen LogP contribution in [0.4, 0.5) is 11.4 Å². The van der Waals surface area contributed by atoms with Crippen molar-refractivity contribution in [1.82, 2.24) is 4.90 Å². The summed E-state index contributed by atoms with van der Waals surface area (Å²) in [5.41, 5.74) is 2.03. The summed E-state index contributed by atoms with van der Waals surface area (Å²) in [6.07, 6.45) is 0.512. The Kier molecular flexibility index (Phi) is 7.17. The largest absolute Gasteiger partial charge is 0.451 e. The van der Waals surface area contributed by atoms with Crippen LogP contribution in [0.25, 0.3) is 11.3 Å². The molecule has 0 unspecified atom stereocenters. The Hall–Kier alpha value is -2.67. The third-order valence-electron chi connectivity index (χ3n) is 5.53. The average molecular weight is 507 g/mol. The van der Waals surface area contributed by atoms with E-state index in [4.69, 9.17) is 39.2 Å². The van der Waals surface area contributed by atoms with Crippen molar-refractivity contribution in [2.75, 3.05) is 36.4 Å². The van der Waals surface area contributed by atoms with Gasteiger partial charge in [-0.3, -0.25) is 9.59 Å². The predicted molar refractivity (Wildman–Crippen MR) is 133 cm³/mol. The number of rotatable bonds is 5. The van der Waals surface area contributed by atoms with Crippen LogP contribution in [0.2, 0.25) is 15.1 Å². The molecule has 1 fully saturated rings. The molecule has 1 saturated heterocycles. The van der Waals surface area contributed by atoms with Gasteiger partial charge in [-0.25, -0.2) is 0 Å². The standard InChI is InChI=1S/C24H22Cl3N3O3/c1-2-22(31)30-12-10-29(11-13-30)19-7-6-15(14-18(19)26)28-24(32)21-9-8-20(33-21)16-4-3-5-17(25)23(16)27/h3-9,14H,2,10-13H2,1H3,(H,28,32). The van der Waals surface area contributed by atoms with E-state index < -0.39 is 5.91 Å². The number of benzene rings is 2. The number of nitrogens with one attached hydrogen (secondary N) is 1. The Morgan fingerprint density at radius 1 is 0.970 bits per heavy atom. The lowest BCUT2D eigenvalue weighted by Gasteiger charge is -2.36. The molecule has 3 aromatic rings. The van der Waals surface area contributed by atoms with Crippen LogP contribution in [0.1, 0.15) is 23.9 Å². The molecule has 2 amide bonds. The first-order valence-electron chi connectivity index (χ1n) is 10.5. The molecule has 1 aliphatic heterocycles. The van der Waals surface area contributed by atoms with Crippen LogP contribution in [0.15, 0.2) is 52.9 Å². The first-order chi connectivity index (χ1) is 15.9. The molecule has 9 heteroatoms. The second kappa shape index (κ2) is 10.1. The third kappa shape index (κ3) is 5.13. The molecule has 0 bridgehead atoms. The van der Waals surface area contributed by atoms with Crippen LogP contribution >= 0.6 is 34.8 Å². The number of carbonyl (C=O) groups is 2. The van der Waals surface area contributed by atoms with Crippen molar-refractivity contribution >= 4 is 58.0 Å². The molecule has 2 heterocycles. The minimum Gasteiger partial charge on any atom is -0.451 e. The molecule has 0 saturated carbocycles. The molecule has 1 aliphatic rings. The van der Waals surface area contributed by atoms with E-state index in [9.17, 15) is 9.59 Å². The predicted octanol–water partition coefficient (Wildman–Crippen LogP) is 6.22. The van der Waals surface area contributed by atoms with E-state index in [-0.39, 0.29) is 11.7 Å². The number of carbonyl (C=O) groups excluding carboxylic acids is 2. The second-order valence-corrected chi connectivity index (χ2v) is 8.80. The quantitative estimate of drug-likeness (QED) is 0.446. The van der Waals surface area contributed by atoms with Gasteiger partial charge in [-0.05, 0) is 42.5 Å². The number of hydrogen-bond donors (Lipinski definition) is 1. The Morgan fingerprint density at radius 3 is 2.42 bits per heavy atom. The lowest BCUT2D eigenvalue weighted by atomic mass is 10.2. The Labute approximate surface area is 207 Å². The fraction of sp³-hybridized carbons (Fsp3) is 0.250. The summed E-state index contributed by atoms with van der Waals surface area (Å²) < 4.78 is 5.70. The van der Waals surface area contributed by atoms with Crippen LogP contribution < -0.4 is 10.2 Å². The molecule has 33 heavy (non-hydrogen) atoms. The van der Waals surface area contributed by atoms with Crippen molar-refractivity contribution in [3.8, 4) is 11.3 Å². The Bertz CT molecular complexity index is 1190. The monoisotopic (exact) mass is 505 g/mol. The number of halogens is 3. The molecule has 1 aromatic heterocycles. The molecule has 0 spiro atoms. The van der Waals surface area contributed by atoms with Gasteiger partial charge in [0.25, 0.3) is 5.91 Å². The topological polar surface area (TPSA) is 65.8 Å². The Morgan fingerprint density at radius 2 is 1.73 bits per heavy atom. The first-order valence-corrected chi connectivity index (χ1v) is 11.7. The van der Waals surface area contributed by atoms with E-state index in [1.165, 1.54) is 0 Å². The fourth-order valence-electron chi connectivity index (χ4n) is 3.75. The highest BCUT2D eigenvalue weighted by atomic mass is 35.5. The molecule has 0 atom stereocenters. The molecule has 2 aromatic carbocycles. The zero-order valence-corrected chi connectivity index (χ0v) is 20.2. The summed E-state index contributed by atoms with van der Waals surface area (Å²) in [7, 11) is 0. The lowest BCUT2D eigenvalue weighted by Crippen LogP contribution is -2.48. The van der Waals surface area contributed by atoms with Crippen molar-refractivity contribution in [1.29, 1.82) is 0 Å². The van der Waals surface area contributed by atoms with Gasteiger partial charge in [0.15, 0.2) is 5.76 Å². The summed E-state index contributed by atoms with van der Waals surface area (Å²) in [6.45, 7) is 4.61. The number of hydrogen-bond acceptors (Lipinski definition) is 4. The normalized spacial score (nSPS) is 13.8. The minimum absolute atomic E-state index is 0.137. The number of anilines is 2. The van der Waals surface area contributed by atoms with E-state index in [0.29, 0.717) is 64.7 Å². The van der Waals surface area contributed by atoms with Crippen LogP contribution in [0, 0.1) is 0 Å². The number of amides is 2. The summed E-state index contributed by atoms with van der Waals surface area (Å²) in [6, 6.07) is 13.8. The second-order valence-electron chi connectivity index (χ2n) is 7.61.